The van der Waals surface area contributed by atoms with Crippen LogP contribution in [-0.2, 0) is 11.3 Å². The lowest BCUT2D eigenvalue weighted by Crippen LogP contribution is -2.35. The standard InChI is InChI=1S/C20H14ClN3O3S/c1-2-9-23-15-8-7-12(21)10-16(15)28-20(23)22-17(25)11-24-18(26)13-5-3-4-6-14(13)19(24)27/h2-8,10H,1,9,11H2. The molecule has 0 spiro atoms. The lowest BCUT2D eigenvalue weighted by Gasteiger charge is -2.10. The van der Waals surface area contributed by atoms with Crippen LogP contribution in [0.1, 0.15) is 20.7 Å². The van der Waals surface area contributed by atoms with E-state index in [-0.39, 0.29) is 0 Å². The van der Waals surface area contributed by atoms with E-state index in [1.54, 1.807) is 42.5 Å². The highest BCUT2D eigenvalue weighted by atomic mass is 35.5. The van der Waals surface area contributed by atoms with Crippen molar-refractivity contribution in [1.29, 1.82) is 0 Å². The average molecular weight is 412 g/mol. The normalized spacial score (nSPS) is 14.0. The van der Waals surface area contributed by atoms with Crippen LogP contribution in [0, 0.1) is 0 Å². The van der Waals surface area contributed by atoms with Gasteiger partial charge in [-0.3, -0.25) is 19.3 Å². The van der Waals surface area contributed by atoms with E-state index < -0.39 is 24.3 Å². The van der Waals surface area contributed by atoms with Crippen LogP contribution >= 0.6 is 22.9 Å². The summed E-state index contributed by atoms with van der Waals surface area (Å²) in [5, 5.41) is 0.586. The lowest BCUT2D eigenvalue weighted by molar-refractivity contribution is -0.118. The number of amides is 3. The van der Waals surface area contributed by atoms with E-state index in [2.05, 4.69) is 11.6 Å². The van der Waals surface area contributed by atoms with E-state index in [1.807, 2.05) is 10.6 Å². The van der Waals surface area contributed by atoms with Gasteiger partial charge in [-0.2, -0.15) is 4.99 Å². The number of halogens is 1. The van der Waals surface area contributed by atoms with Crippen LogP contribution in [0.3, 0.4) is 0 Å². The maximum absolute atomic E-state index is 12.5. The van der Waals surface area contributed by atoms with Crippen LogP contribution in [0.5, 0.6) is 0 Å². The molecule has 2 heterocycles. The molecular weight excluding hydrogens is 398 g/mol. The fraction of sp³-hybridized carbons (Fsp3) is 0.100. The third kappa shape index (κ3) is 3.08. The summed E-state index contributed by atoms with van der Waals surface area (Å²) in [6.45, 7) is 3.79. The predicted molar refractivity (Wildman–Crippen MR) is 107 cm³/mol. The summed E-state index contributed by atoms with van der Waals surface area (Å²) < 4.78 is 2.71. The van der Waals surface area contributed by atoms with Gasteiger partial charge in [0.2, 0.25) is 0 Å². The first kappa shape index (κ1) is 18.3. The molecule has 2 aromatic carbocycles. The Kier molecular flexibility index (Phi) is 4.70. The molecule has 3 amide bonds. The molecule has 0 radical (unpaired) electrons. The smallest absolute Gasteiger partial charge is 0.268 e. The molecule has 4 rings (SSSR count). The first-order chi connectivity index (χ1) is 13.5. The second-order valence-electron chi connectivity index (χ2n) is 6.14. The van der Waals surface area contributed by atoms with Gasteiger partial charge in [-0.15, -0.1) is 6.58 Å². The van der Waals surface area contributed by atoms with E-state index in [0.29, 0.717) is 27.5 Å². The van der Waals surface area contributed by atoms with Crippen molar-refractivity contribution in [3.05, 3.63) is 76.1 Å². The van der Waals surface area contributed by atoms with Gasteiger partial charge in [-0.25, -0.2) is 0 Å². The summed E-state index contributed by atoms with van der Waals surface area (Å²) in [4.78, 5) is 42.9. The van der Waals surface area contributed by atoms with Crippen LogP contribution in [-0.4, -0.2) is 33.7 Å². The Morgan fingerprint density at radius 1 is 1.14 bits per heavy atom. The van der Waals surface area contributed by atoms with Gasteiger partial charge in [0, 0.05) is 11.6 Å². The second-order valence-corrected chi connectivity index (χ2v) is 7.59. The Balaban J connectivity index is 1.68. The molecule has 6 nitrogen and oxygen atoms in total. The Labute approximate surface area is 169 Å². The molecule has 3 aromatic rings. The molecule has 1 aromatic heterocycles. The number of hydrogen-bond donors (Lipinski definition) is 0. The summed E-state index contributed by atoms with van der Waals surface area (Å²) in [7, 11) is 0. The molecule has 140 valence electrons. The summed E-state index contributed by atoms with van der Waals surface area (Å²) in [5.74, 6) is -1.54. The van der Waals surface area contributed by atoms with Gasteiger partial charge in [0.25, 0.3) is 17.7 Å². The zero-order valence-electron chi connectivity index (χ0n) is 14.6. The van der Waals surface area contributed by atoms with Gasteiger partial charge in [-0.05, 0) is 30.3 Å². The minimum atomic E-state index is -0.579. The SMILES string of the molecule is C=CCn1c(=NC(=O)CN2C(=O)c3ccccc3C2=O)sc2cc(Cl)ccc21. The largest absolute Gasteiger partial charge is 0.313 e. The number of carbonyl (C=O) groups is 3. The zero-order valence-corrected chi connectivity index (χ0v) is 16.2. The molecule has 1 aliphatic rings. The van der Waals surface area contributed by atoms with E-state index >= 15 is 0 Å². The summed E-state index contributed by atoms with van der Waals surface area (Å²) in [5.41, 5.74) is 1.48. The molecule has 0 fully saturated rings. The number of aromatic nitrogens is 1. The van der Waals surface area contributed by atoms with E-state index in [1.165, 1.54) is 11.3 Å². The molecule has 8 heteroatoms. The Morgan fingerprint density at radius 3 is 2.46 bits per heavy atom. The molecular formula is C20H14ClN3O3S. The van der Waals surface area contributed by atoms with Crippen molar-refractivity contribution in [2.24, 2.45) is 4.99 Å². The number of carbonyl (C=O) groups excluding carboxylic acids is 3. The Bertz CT molecular complexity index is 1190. The van der Waals surface area contributed by atoms with Crippen LogP contribution in [0.2, 0.25) is 5.02 Å². The molecule has 0 unspecified atom stereocenters. The fourth-order valence-corrected chi connectivity index (χ4v) is 4.43. The topological polar surface area (TPSA) is 71.7 Å². The van der Waals surface area contributed by atoms with Crippen molar-refractivity contribution in [3.63, 3.8) is 0 Å². The van der Waals surface area contributed by atoms with Crippen molar-refractivity contribution in [2.75, 3.05) is 6.54 Å². The number of thiazole rings is 1. The van der Waals surface area contributed by atoms with Gasteiger partial charge in [0.15, 0.2) is 4.80 Å². The molecule has 0 saturated heterocycles. The molecule has 0 bridgehead atoms. The highest BCUT2D eigenvalue weighted by Crippen LogP contribution is 2.23. The highest BCUT2D eigenvalue weighted by Gasteiger charge is 2.36. The molecule has 1 aliphatic heterocycles. The Hall–Kier alpha value is -3.03. The van der Waals surface area contributed by atoms with Crippen molar-refractivity contribution in [3.8, 4) is 0 Å². The Morgan fingerprint density at radius 2 is 1.82 bits per heavy atom. The first-order valence-corrected chi connectivity index (χ1v) is 9.61. The quantitative estimate of drug-likeness (QED) is 0.488. The number of fused-ring (bicyclic) bond motifs is 2. The van der Waals surface area contributed by atoms with Gasteiger partial charge >= 0.3 is 0 Å². The van der Waals surface area contributed by atoms with E-state index in [0.717, 1.165) is 15.1 Å². The first-order valence-electron chi connectivity index (χ1n) is 8.42. The minimum Gasteiger partial charge on any atom is -0.313 e. The number of hydrogen-bond acceptors (Lipinski definition) is 4. The fourth-order valence-electron chi connectivity index (χ4n) is 3.10. The minimum absolute atomic E-state index is 0.304. The van der Waals surface area contributed by atoms with Crippen molar-refractivity contribution < 1.29 is 14.4 Å². The predicted octanol–water partition coefficient (Wildman–Crippen LogP) is 3.27. The van der Waals surface area contributed by atoms with Crippen LogP contribution < -0.4 is 4.80 Å². The zero-order chi connectivity index (χ0) is 19.8. The van der Waals surface area contributed by atoms with Gasteiger partial charge < -0.3 is 4.57 Å². The average Bonchev–Trinajstić information content (AvgIpc) is 3.12. The van der Waals surface area contributed by atoms with Crippen LogP contribution in [0.25, 0.3) is 10.2 Å². The van der Waals surface area contributed by atoms with Crippen molar-refractivity contribution in [2.45, 2.75) is 6.54 Å². The van der Waals surface area contributed by atoms with Crippen molar-refractivity contribution in [1.82, 2.24) is 9.47 Å². The van der Waals surface area contributed by atoms with Crippen LogP contribution in [0.15, 0.2) is 60.1 Å². The monoisotopic (exact) mass is 411 g/mol. The number of imide groups is 1. The molecule has 0 N–H and O–H groups in total. The van der Waals surface area contributed by atoms with Crippen LogP contribution in [0.4, 0.5) is 0 Å². The molecule has 0 saturated carbocycles. The maximum Gasteiger partial charge on any atom is 0.268 e. The number of rotatable bonds is 4. The highest BCUT2D eigenvalue weighted by molar-refractivity contribution is 7.16. The van der Waals surface area contributed by atoms with E-state index in [4.69, 9.17) is 11.6 Å². The number of benzene rings is 2. The summed E-state index contributed by atoms with van der Waals surface area (Å²) in [6.07, 6.45) is 1.70. The van der Waals surface area contributed by atoms with Gasteiger partial charge in [0.05, 0.1) is 21.3 Å². The molecule has 0 aliphatic carbocycles. The number of allylic oxidation sites excluding steroid dienone is 1. The molecule has 28 heavy (non-hydrogen) atoms. The van der Waals surface area contributed by atoms with Gasteiger partial charge in [0.1, 0.15) is 6.54 Å². The van der Waals surface area contributed by atoms with Crippen molar-refractivity contribution >= 4 is 50.9 Å². The second kappa shape index (κ2) is 7.18. The maximum atomic E-state index is 12.5. The lowest BCUT2D eigenvalue weighted by atomic mass is 10.1. The third-order valence-corrected chi connectivity index (χ3v) is 5.62. The number of nitrogens with zero attached hydrogens (tertiary/aromatic N) is 3. The van der Waals surface area contributed by atoms with E-state index in [9.17, 15) is 14.4 Å². The summed E-state index contributed by atoms with van der Waals surface area (Å²) >= 11 is 7.36. The summed E-state index contributed by atoms with van der Waals surface area (Å²) in [6, 6.07) is 11.9. The molecule has 0 atom stereocenters. The van der Waals surface area contributed by atoms with Gasteiger partial charge in [-0.1, -0.05) is 41.1 Å². The third-order valence-electron chi connectivity index (χ3n) is 4.35.